The number of fused-ring (bicyclic) bond motifs is 1. The van der Waals surface area contributed by atoms with Gasteiger partial charge in [-0.25, -0.2) is 9.97 Å². The van der Waals surface area contributed by atoms with Gasteiger partial charge in [0, 0.05) is 43.8 Å². The van der Waals surface area contributed by atoms with Crippen LogP contribution in [-0.4, -0.2) is 58.4 Å². The second-order valence-corrected chi connectivity index (χ2v) is 9.19. The SMILES string of the molecule is CC(C)c1cnc(NC2CCC(Oc3nc(N4CCOCC4)cc4ncccc34)CC2)nc1. The maximum Gasteiger partial charge on any atom is 0.225 e. The number of pyridine rings is 2. The van der Waals surface area contributed by atoms with Crippen LogP contribution in [0.3, 0.4) is 0 Å². The van der Waals surface area contributed by atoms with E-state index >= 15 is 0 Å². The highest BCUT2D eigenvalue weighted by Crippen LogP contribution is 2.31. The van der Waals surface area contributed by atoms with Crippen LogP contribution < -0.4 is 15.0 Å². The largest absolute Gasteiger partial charge is 0.474 e. The Labute approximate surface area is 194 Å². The topological polar surface area (TPSA) is 85.3 Å². The lowest BCUT2D eigenvalue weighted by molar-refractivity contribution is 0.122. The molecule has 8 nitrogen and oxygen atoms in total. The van der Waals surface area contributed by atoms with E-state index in [2.05, 4.69) is 45.1 Å². The van der Waals surface area contributed by atoms with E-state index in [1.165, 1.54) is 0 Å². The summed E-state index contributed by atoms with van der Waals surface area (Å²) in [5.74, 6) is 2.75. The van der Waals surface area contributed by atoms with E-state index in [1.54, 1.807) is 0 Å². The molecular weight excluding hydrogens is 416 g/mol. The Morgan fingerprint density at radius 2 is 1.82 bits per heavy atom. The summed E-state index contributed by atoms with van der Waals surface area (Å²) in [4.78, 5) is 20.7. The van der Waals surface area contributed by atoms with Crippen LogP contribution in [0.15, 0.2) is 36.8 Å². The summed E-state index contributed by atoms with van der Waals surface area (Å²) >= 11 is 0. The molecule has 0 unspecified atom stereocenters. The number of morpholine rings is 1. The van der Waals surface area contributed by atoms with Gasteiger partial charge >= 0.3 is 0 Å². The molecule has 1 aliphatic carbocycles. The molecule has 1 aliphatic heterocycles. The first-order valence-corrected chi connectivity index (χ1v) is 12.0. The minimum absolute atomic E-state index is 0.142. The zero-order chi connectivity index (χ0) is 22.6. The molecule has 0 bridgehead atoms. The number of ether oxygens (including phenoxy) is 2. The van der Waals surface area contributed by atoms with E-state index in [4.69, 9.17) is 14.5 Å². The Balaban J connectivity index is 1.24. The smallest absolute Gasteiger partial charge is 0.225 e. The maximum atomic E-state index is 6.47. The predicted octanol–water partition coefficient (Wildman–Crippen LogP) is 4.18. The van der Waals surface area contributed by atoms with Crippen molar-refractivity contribution in [3.05, 3.63) is 42.4 Å². The molecule has 0 spiro atoms. The molecule has 0 atom stereocenters. The van der Waals surface area contributed by atoms with Crippen molar-refractivity contribution >= 4 is 22.7 Å². The first kappa shape index (κ1) is 21.8. The van der Waals surface area contributed by atoms with Gasteiger partial charge in [0.25, 0.3) is 0 Å². The lowest BCUT2D eigenvalue weighted by atomic mass is 9.93. The molecule has 3 aromatic heterocycles. The first-order chi connectivity index (χ1) is 16.2. The summed E-state index contributed by atoms with van der Waals surface area (Å²) in [5, 5.41) is 4.46. The zero-order valence-electron chi connectivity index (χ0n) is 19.4. The third-order valence-corrected chi connectivity index (χ3v) is 6.51. The number of hydrogen-bond acceptors (Lipinski definition) is 8. The van der Waals surface area contributed by atoms with Gasteiger partial charge in [-0.1, -0.05) is 13.8 Å². The van der Waals surface area contributed by atoms with Crippen LogP contribution in [0.5, 0.6) is 5.88 Å². The molecule has 8 heteroatoms. The fraction of sp³-hybridized carbons (Fsp3) is 0.520. The number of rotatable bonds is 6. The fourth-order valence-electron chi connectivity index (χ4n) is 4.45. The number of nitrogens with zero attached hydrogens (tertiary/aromatic N) is 5. The van der Waals surface area contributed by atoms with Crippen LogP contribution in [0.2, 0.25) is 0 Å². The van der Waals surface area contributed by atoms with Crippen molar-refractivity contribution in [2.24, 2.45) is 0 Å². The predicted molar refractivity (Wildman–Crippen MR) is 129 cm³/mol. The van der Waals surface area contributed by atoms with Gasteiger partial charge in [-0.05, 0) is 49.3 Å². The van der Waals surface area contributed by atoms with Crippen molar-refractivity contribution in [1.29, 1.82) is 0 Å². The third-order valence-electron chi connectivity index (χ3n) is 6.51. The lowest BCUT2D eigenvalue weighted by Gasteiger charge is -2.31. The first-order valence-electron chi connectivity index (χ1n) is 12.0. The normalized spacial score (nSPS) is 21.4. The van der Waals surface area contributed by atoms with Gasteiger partial charge in [-0.15, -0.1) is 0 Å². The average molecular weight is 449 g/mol. The van der Waals surface area contributed by atoms with Crippen LogP contribution >= 0.6 is 0 Å². The van der Waals surface area contributed by atoms with Crippen LogP contribution in [0, 0.1) is 0 Å². The van der Waals surface area contributed by atoms with E-state index in [0.717, 1.165) is 74.3 Å². The van der Waals surface area contributed by atoms with Gasteiger partial charge in [-0.2, -0.15) is 4.98 Å². The van der Waals surface area contributed by atoms with Gasteiger partial charge in [0.2, 0.25) is 11.8 Å². The summed E-state index contributed by atoms with van der Waals surface area (Å²) in [6.07, 6.45) is 9.76. The molecule has 3 aromatic rings. The van der Waals surface area contributed by atoms with E-state index in [1.807, 2.05) is 30.7 Å². The highest BCUT2D eigenvalue weighted by molar-refractivity contribution is 5.85. The maximum absolute atomic E-state index is 6.47. The summed E-state index contributed by atoms with van der Waals surface area (Å²) < 4.78 is 12.0. The van der Waals surface area contributed by atoms with Gasteiger partial charge in [-0.3, -0.25) is 4.98 Å². The van der Waals surface area contributed by atoms with Crippen LogP contribution in [0.25, 0.3) is 10.9 Å². The van der Waals surface area contributed by atoms with Gasteiger partial charge in [0.15, 0.2) is 0 Å². The molecule has 0 aromatic carbocycles. The monoisotopic (exact) mass is 448 g/mol. The average Bonchev–Trinajstić information content (AvgIpc) is 2.86. The minimum Gasteiger partial charge on any atom is -0.474 e. The summed E-state index contributed by atoms with van der Waals surface area (Å²) in [6.45, 7) is 7.41. The Hall–Kier alpha value is -3.00. The van der Waals surface area contributed by atoms with Crippen molar-refractivity contribution in [3.63, 3.8) is 0 Å². The van der Waals surface area contributed by atoms with Crippen molar-refractivity contribution in [3.8, 4) is 5.88 Å². The highest BCUT2D eigenvalue weighted by atomic mass is 16.5. The molecule has 174 valence electrons. The van der Waals surface area contributed by atoms with Gasteiger partial charge in [0.1, 0.15) is 11.9 Å². The number of anilines is 2. The summed E-state index contributed by atoms with van der Waals surface area (Å²) in [7, 11) is 0. The van der Waals surface area contributed by atoms with Crippen molar-refractivity contribution in [2.45, 2.75) is 57.6 Å². The molecular formula is C25H32N6O2. The molecule has 0 amide bonds. The van der Waals surface area contributed by atoms with Crippen molar-refractivity contribution < 1.29 is 9.47 Å². The van der Waals surface area contributed by atoms with Gasteiger partial charge < -0.3 is 19.7 Å². The third kappa shape index (κ3) is 5.16. The lowest BCUT2D eigenvalue weighted by Crippen LogP contribution is -2.37. The Morgan fingerprint density at radius 3 is 2.55 bits per heavy atom. The second-order valence-electron chi connectivity index (χ2n) is 9.19. The molecule has 1 saturated heterocycles. The van der Waals surface area contributed by atoms with Crippen LogP contribution in [0.1, 0.15) is 51.0 Å². The number of hydrogen-bond donors (Lipinski definition) is 1. The van der Waals surface area contributed by atoms with Gasteiger partial charge in [0.05, 0.1) is 24.1 Å². The highest BCUT2D eigenvalue weighted by Gasteiger charge is 2.25. The molecule has 2 fully saturated rings. The molecule has 33 heavy (non-hydrogen) atoms. The zero-order valence-corrected chi connectivity index (χ0v) is 19.4. The van der Waals surface area contributed by atoms with E-state index < -0.39 is 0 Å². The Bertz CT molecular complexity index is 1060. The minimum atomic E-state index is 0.142. The second kappa shape index (κ2) is 9.87. The van der Waals surface area contributed by atoms with E-state index in [9.17, 15) is 0 Å². The molecule has 5 rings (SSSR count). The number of nitrogens with one attached hydrogen (secondary N) is 1. The van der Waals surface area contributed by atoms with Crippen LogP contribution in [0.4, 0.5) is 11.8 Å². The van der Waals surface area contributed by atoms with Crippen molar-refractivity contribution in [1.82, 2.24) is 19.9 Å². The van der Waals surface area contributed by atoms with Crippen molar-refractivity contribution in [2.75, 3.05) is 36.5 Å². The molecule has 2 aliphatic rings. The summed E-state index contributed by atoms with van der Waals surface area (Å²) in [6, 6.07) is 6.40. The molecule has 1 N–H and O–H groups in total. The van der Waals surface area contributed by atoms with E-state index in [-0.39, 0.29) is 6.10 Å². The Kier molecular flexibility index (Phi) is 6.53. The standard InChI is InChI=1S/C25H32N6O2/c1-17(2)18-15-27-25(28-16-18)29-19-5-7-20(8-6-19)33-24-21-4-3-9-26-22(21)14-23(30-24)31-10-12-32-13-11-31/h3-4,9,14-17,19-20H,5-8,10-13H2,1-2H3,(H,27,28,29). The summed E-state index contributed by atoms with van der Waals surface area (Å²) in [5.41, 5.74) is 2.08. The number of aromatic nitrogens is 4. The molecule has 1 saturated carbocycles. The molecule has 0 radical (unpaired) electrons. The molecule has 4 heterocycles. The van der Waals surface area contributed by atoms with E-state index in [0.29, 0.717) is 23.8 Å². The fourth-order valence-corrected chi connectivity index (χ4v) is 4.45. The Morgan fingerprint density at radius 1 is 1.06 bits per heavy atom. The van der Waals surface area contributed by atoms with Crippen LogP contribution in [-0.2, 0) is 4.74 Å². The quantitative estimate of drug-likeness (QED) is 0.601.